The predicted molar refractivity (Wildman–Crippen MR) is 97.3 cm³/mol. The van der Waals surface area contributed by atoms with Crippen LogP contribution in [0.3, 0.4) is 0 Å². The Morgan fingerprint density at radius 2 is 1.96 bits per heavy atom. The van der Waals surface area contributed by atoms with Crippen LogP contribution in [0.25, 0.3) is 0 Å². The van der Waals surface area contributed by atoms with Crippen molar-refractivity contribution < 1.29 is 13.2 Å². The van der Waals surface area contributed by atoms with Gasteiger partial charge in [-0.05, 0) is 59.8 Å². The van der Waals surface area contributed by atoms with E-state index < -0.39 is 15.9 Å². The minimum Gasteiger partial charge on any atom is -0.296 e. The number of sulfonamides is 1. The number of carbonyl (C=O) groups excluding carboxylic acids is 1. The van der Waals surface area contributed by atoms with Gasteiger partial charge in [-0.15, -0.1) is 10.2 Å². The second-order valence-electron chi connectivity index (χ2n) is 6.21. The zero-order chi connectivity index (χ0) is 17.6. The maximum Gasteiger partial charge on any atom is 0.258 e. The zero-order valence-electron chi connectivity index (χ0n) is 13.0. The Balaban J connectivity index is 1.55. The maximum absolute atomic E-state index is 12.5. The topological polar surface area (TPSA) is 101 Å². The lowest BCUT2D eigenvalue weighted by molar-refractivity contribution is 0.102. The highest BCUT2D eigenvalue weighted by atomic mass is 79.9. The molecule has 2 aliphatic rings. The second kappa shape index (κ2) is 6.42. The van der Waals surface area contributed by atoms with E-state index in [4.69, 9.17) is 0 Å². The summed E-state index contributed by atoms with van der Waals surface area (Å²) in [6.07, 6.45) is 3.93. The van der Waals surface area contributed by atoms with Crippen LogP contribution in [0.4, 0.5) is 5.13 Å². The van der Waals surface area contributed by atoms with Crippen molar-refractivity contribution in [3.63, 3.8) is 0 Å². The number of anilines is 1. The first-order valence-corrected chi connectivity index (χ1v) is 11.0. The molecule has 0 radical (unpaired) electrons. The van der Waals surface area contributed by atoms with Gasteiger partial charge >= 0.3 is 0 Å². The number of benzene rings is 1. The highest BCUT2D eigenvalue weighted by Crippen LogP contribution is 2.42. The van der Waals surface area contributed by atoms with E-state index in [1.54, 1.807) is 6.07 Å². The van der Waals surface area contributed by atoms with E-state index in [-0.39, 0.29) is 16.5 Å². The molecular weight excluding hydrogens is 428 g/mol. The molecule has 0 spiro atoms. The number of hydrogen-bond donors (Lipinski definition) is 2. The van der Waals surface area contributed by atoms with Gasteiger partial charge in [0.05, 0.1) is 10.5 Å². The summed E-state index contributed by atoms with van der Waals surface area (Å²) in [5.74, 6) is 0.0469. The van der Waals surface area contributed by atoms with Crippen molar-refractivity contribution in [2.24, 2.45) is 0 Å². The minimum absolute atomic E-state index is 0.00756. The normalized spacial score (nSPS) is 17.5. The number of hydrogen-bond acceptors (Lipinski definition) is 6. The van der Waals surface area contributed by atoms with Crippen LogP contribution in [0.2, 0.25) is 0 Å². The summed E-state index contributed by atoms with van der Waals surface area (Å²) in [6.45, 7) is 0. The van der Waals surface area contributed by atoms with Gasteiger partial charge in [0.15, 0.2) is 0 Å². The summed E-state index contributed by atoms with van der Waals surface area (Å²) >= 11 is 4.66. The molecule has 2 fully saturated rings. The molecule has 2 aromatic rings. The molecule has 0 aliphatic heterocycles. The van der Waals surface area contributed by atoms with Crippen molar-refractivity contribution in [3.05, 3.63) is 33.2 Å². The van der Waals surface area contributed by atoms with Crippen LogP contribution in [0.15, 0.2) is 27.6 Å². The molecule has 1 aromatic carbocycles. The third-order valence-electron chi connectivity index (χ3n) is 3.98. The molecular formula is C15H15BrN4O3S2. The van der Waals surface area contributed by atoms with E-state index in [9.17, 15) is 13.2 Å². The van der Waals surface area contributed by atoms with E-state index in [0.717, 1.165) is 30.7 Å². The molecule has 1 heterocycles. The SMILES string of the molecule is O=C(Nc1nnc(C2CC2)s1)c1cc(S(=O)(=O)NC2CC2)ccc1Br. The fraction of sp³-hybridized carbons (Fsp3) is 0.400. The predicted octanol–water partition coefficient (Wildman–Crippen LogP) is 2.87. The molecule has 2 saturated carbocycles. The first-order chi connectivity index (χ1) is 11.9. The van der Waals surface area contributed by atoms with E-state index >= 15 is 0 Å². The highest BCUT2D eigenvalue weighted by molar-refractivity contribution is 9.10. The standard InChI is InChI=1S/C15H15BrN4O3S2/c16-12-6-5-10(25(22,23)20-9-3-4-9)7-11(12)13(21)17-15-19-18-14(24-15)8-1-2-8/h5-9,20H,1-4H2,(H,17,19,21). The number of aromatic nitrogens is 2. The van der Waals surface area contributed by atoms with Gasteiger partial charge in [-0.1, -0.05) is 11.3 Å². The summed E-state index contributed by atoms with van der Waals surface area (Å²) in [5.41, 5.74) is 0.238. The van der Waals surface area contributed by atoms with E-state index in [2.05, 4.69) is 36.2 Å². The molecule has 10 heteroatoms. The first kappa shape index (κ1) is 17.1. The Kier molecular flexibility index (Phi) is 4.38. The highest BCUT2D eigenvalue weighted by Gasteiger charge is 2.29. The Hall–Kier alpha value is -1.36. The van der Waals surface area contributed by atoms with Gasteiger partial charge < -0.3 is 0 Å². The number of amides is 1. The molecule has 2 aliphatic carbocycles. The third-order valence-corrected chi connectivity index (χ3v) is 7.19. The number of nitrogens with zero attached hydrogens (tertiary/aromatic N) is 2. The number of rotatable bonds is 6. The molecule has 7 nitrogen and oxygen atoms in total. The van der Waals surface area contributed by atoms with E-state index in [1.807, 2.05) is 0 Å². The van der Waals surface area contributed by atoms with Crippen molar-refractivity contribution >= 4 is 48.3 Å². The van der Waals surface area contributed by atoms with Crippen molar-refractivity contribution in [3.8, 4) is 0 Å². The molecule has 1 aromatic heterocycles. The average Bonchev–Trinajstić information content (AvgIpc) is 3.49. The smallest absolute Gasteiger partial charge is 0.258 e. The first-order valence-electron chi connectivity index (χ1n) is 7.89. The molecule has 2 N–H and O–H groups in total. The fourth-order valence-corrected chi connectivity index (χ4v) is 4.94. The van der Waals surface area contributed by atoms with Gasteiger partial charge in [0.2, 0.25) is 15.2 Å². The van der Waals surface area contributed by atoms with E-state index in [0.29, 0.717) is 15.5 Å². The summed E-state index contributed by atoms with van der Waals surface area (Å²) in [4.78, 5) is 12.6. The number of carbonyl (C=O) groups is 1. The van der Waals surface area contributed by atoms with Crippen molar-refractivity contribution in [1.82, 2.24) is 14.9 Å². The van der Waals surface area contributed by atoms with Crippen LogP contribution in [0.5, 0.6) is 0 Å². The van der Waals surface area contributed by atoms with Crippen LogP contribution in [-0.4, -0.2) is 30.6 Å². The van der Waals surface area contributed by atoms with Gasteiger partial charge in [-0.25, -0.2) is 13.1 Å². The largest absolute Gasteiger partial charge is 0.296 e. The summed E-state index contributed by atoms with van der Waals surface area (Å²) in [6, 6.07) is 4.41. The Bertz CT molecular complexity index is 936. The molecule has 132 valence electrons. The quantitative estimate of drug-likeness (QED) is 0.715. The minimum atomic E-state index is -3.62. The molecule has 0 unspecified atom stereocenters. The fourth-order valence-electron chi connectivity index (χ4n) is 2.28. The van der Waals surface area contributed by atoms with Gasteiger partial charge in [-0.3, -0.25) is 10.1 Å². The van der Waals surface area contributed by atoms with Crippen LogP contribution < -0.4 is 10.0 Å². The third kappa shape index (κ3) is 3.91. The summed E-state index contributed by atoms with van der Waals surface area (Å²) in [5, 5.41) is 12.1. The molecule has 0 atom stereocenters. The lowest BCUT2D eigenvalue weighted by Gasteiger charge is -2.09. The maximum atomic E-state index is 12.5. The molecule has 1 amide bonds. The van der Waals surface area contributed by atoms with Crippen LogP contribution >= 0.6 is 27.3 Å². The van der Waals surface area contributed by atoms with Crippen LogP contribution in [0, 0.1) is 0 Å². The lowest BCUT2D eigenvalue weighted by atomic mass is 10.2. The number of nitrogens with one attached hydrogen (secondary N) is 2. The molecule has 0 saturated heterocycles. The lowest BCUT2D eigenvalue weighted by Crippen LogP contribution is -2.26. The summed E-state index contributed by atoms with van der Waals surface area (Å²) < 4.78 is 27.8. The monoisotopic (exact) mass is 442 g/mol. The average molecular weight is 443 g/mol. The molecule has 4 rings (SSSR count). The van der Waals surface area contributed by atoms with Gasteiger partial charge in [0.25, 0.3) is 5.91 Å². The Morgan fingerprint density at radius 1 is 1.20 bits per heavy atom. The summed E-state index contributed by atoms with van der Waals surface area (Å²) in [7, 11) is -3.62. The van der Waals surface area contributed by atoms with E-state index in [1.165, 1.54) is 23.5 Å². The van der Waals surface area contributed by atoms with Gasteiger partial charge in [0, 0.05) is 16.4 Å². The Morgan fingerprint density at radius 3 is 2.64 bits per heavy atom. The second-order valence-corrected chi connectivity index (χ2v) is 9.79. The van der Waals surface area contributed by atoms with Crippen LogP contribution in [-0.2, 0) is 10.0 Å². The van der Waals surface area contributed by atoms with Crippen molar-refractivity contribution in [2.75, 3.05) is 5.32 Å². The van der Waals surface area contributed by atoms with Gasteiger partial charge in [-0.2, -0.15) is 0 Å². The zero-order valence-corrected chi connectivity index (χ0v) is 16.2. The van der Waals surface area contributed by atoms with Crippen molar-refractivity contribution in [1.29, 1.82) is 0 Å². The van der Waals surface area contributed by atoms with Gasteiger partial charge in [0.1, 0.15) is 5.01 Å². The van der Waals surface area contributed by atoms with Crippen LogP contribution in [0.1, 0.15) is 47.0 Å². The van der Waals surface area contributed by atoms with Crippen molar-refractivity contribution in [2.45, 2.75) is 42.5 Å². The number of halogens is 1. The molecule has 25 heavy (non-hydrogen) atoms. The molecule has 0 bridgehead atoms. The Labute approximate surface area is 157 Å².